The van der Waals surface area contributed by atoms with Crippen LogP contribution in [0.4, 0.5) is 0 Å². The summed E-state index contributed by atoms with van der Waals surface area (Å²) < 4.78 is 0. The summed E-state index contributed by atoms with van der Waals surface area (Å²) in [7, 11) is 0. The molecule has 0 unspecified atom stereocenters. The standard InChI is InChI=1S/C22H12N4/c23-13-19(14-24)21(12-11-17-7-3-1-4-8-17)22(20(15-25)16-26)18-9-5-2-6-10-18/h1-12H/b12-11+. The molecule has 4 nitrogen and oxygen atoms in total. The van der Waals surface area contributed by atoms with Gasteiger partial charge in [-0.1, -0.05) is 72.8 Å². The van der Waals surface area contributed by atoms with Crippen LogP contribution in [0.2, 0.25) is 0 Å². The van der Waals surface area contributed by atoms with Gasteiger partial charge in [0, 0.05) is 11.1 Å². The summed E-state index contributed by atoms with van der Waals surface area (Å²) in [5, 5.41) is 37.5. The molecule has 0 fully saturated rings. The highest BCUT2D eigenvalue weighted by Gasteiger charge is 2.17. The van der Waals surface area contributed by atoms with Crippen LogP contribution >= 0.6 is 0 Å². The number of rotatable bonds is 4. The van der Waals surface area contributed by atoms with E-state index in [1.54, 1.807) is 42.5 Å². The van der Waals surface area contributed by atoms with E-state index in [9.17, 15) is 21.0 Å². The Hall–Kier alpha value is -4.38. The summed E-state index contributed by atoms with van der Waals surface area (Å²) in [6.45, 7) is 0. The van der Waals surface area contributed by atoms with Crippen LogP contribution in [-0.4, -0.2) is 0 Å². The van der Waals surface area contributed by atoms with Crippen LogP contribution in [0.5, 0.6) is 0 Å². The van der Waals surface area contributed by atoms with Gasteiger partial charge in [0.1, 0.15) is 35.4 Å². The Morgan fingerprint density at radius 1 is 0.654 bits per heavy atom. The van der Waals surface area contributed by atoms with Crippen molar-refractivity contribution in [1.29, 1.82) is 21.0 Å². The third-order valence-electron chi connectivity index (χ3n) is 3.54. The van der Waals surface area contributed by atoms with Gasteiger partial charge >= 0.3 is 0 Å². The lowest BCUT2D eigenvalue weighted by Crippen LogP contribution is -1.96. The van der Waals surface area contributed by atoms with Gasteiger partial charge in [-0.2, -0.15) is 21.0 Å². The predicted octanol–water partition coefficient (Wildman–Crippen LogP) is 4.54. The number of nitrogens with zero attached hydrogens (tertiary/aromatic N) is 4. The third kappa shape index (κ3) is 4.12. The molecule has 0 atom stereocenters. The normalized spacial score (nSPS) is 9.23. The topological polar surface area (TPSA) is 95.2 Å². The first kappa shape index (κ1) is 18.0. The molecule has 0 saturated carbocycles. The van der Waals surface area contributed by atoms with E-state index in [1.807, 2.05) is 54.6 Å². The molecule has 0 amide bonds. The number of allylic oxidation sites excluding steroid dienone is 5. The van der Waals surface area contributed by atoms with E-state index in [1.165, 1.54) is 0 Å². The van der Waals surface area contributed by atoms with Crippen LogP contribution in [0.1, 0.15) is 11.1 Å². The zero-order valence-corrected chi connectivity index (χ0v) is 13.7. The lowest BCUT2D eigenvalue weighted by molar-refractivity contribution is 1.42. The first-order valence-electron chi connectivity index (χ1n) is 7.63. The van der Waals surface area contributed by atoms with E-state index in [0.29, 0.717) is 5.56 Å². The van der Waals surface area contributed by atoms with Crippen LogP contribution in [-0.2, 0) is 0 Å². The summed E-state index contributed by atoms with van der Waals surface area (Å²) in [6.07, 6.45) is 3.33. The quantitative estimate of drug-likeness (QED) is 0.606. The van der Waals surface area contributed by atoms with Crippen molar-refractivity contribution in [2.24, 2.45) is 0 Å². The van der Waals surface area contributed by atoms with E-state index in [-0.39, 0.29) is 22.3 Å². The molecule has 26 heavy (non-hydrogen) atoms. The van der Waals surface area contributed by atoms with Gasteiger partial charge in [-0.05, 0) is 11.1 Å². The lowest BCUT2D eigenvalue weighted by Gasteiger charge is -2.10. The molecule has 0 heterocycles. The Kier molecular flexibility index (Phi) is 6.25. The monoisotopic (exact) mass is 332 g/mol. The van der Waals surface area contributed by atoms with Crippen molar-refractivity contribution in [3.8, 4) is 24.3 Å². The maximum Gasteiger partial charge on any atom is 0.138 e. The molecule has 0 aliphatic rings. The van der Waals surface area contributed by atoms with Crippen molar-refractivity contribution >= 4 is 11.6 Å². The second kappa shape index (κ2) is 9.05. The Morgan fingerprint density at radius 3 is 1.65 bits per heavy atom. The van der Waals surface area contributed by atoms with Gasteiger partial charge in [0.2, 0.25) is 0 Å². The average molecular weight is 332 g/mol. The second-order valence-corrected chi connectivity index (χ2v) is 5.10. The number of hydrogen-bond donors (Lipinski definition) is 0. The molecule has 2 rings (SSSR count). The molecule has 0 aliphatic carbocycles. The molecule has 4 heteroatoms. The number of benzene rings is 2. The number of nitriles is 4. The summed E-state index contributed by atoms with van der Waals surface area (Å²) in [6, 6.07) is 25.6. The average Bonchev–Trinajstić information content (AvgIpc) is 2.71. The third-order valence-corrected chi connectivity index (χ3v) is 3.54. The van der Waals surface area contributed by atoms with E-state index < -0.39 is 0 Å². The molecular formula is C22H12N4. The molecule has 0 aromatic heterocycles. The fourth-order valence-electron chi connectivity index (χ4n) is 2.36. The summed E-state index contributed by atoms with van der Waals surface area (Å²) in [5.74, 6) is 0. The molecule has 0 radical (unpaired) electrons. The van der Waals surface area contributed by atoms with Gasteiger partial charge in [-0.3, -0.25) is 0 Å². The second-order valence-electron chi connectivity index (χ2n) is 5.10. The van der Waals surface area contributed by atoms with E-state index in [4.69, 9.17) is 0 Å². The van der Waals surface area contributed by atoms with Crippen molar-refractivity contribution < 1.29 is 0 Å². The minimum absolute atomic E-state index is 0.160. The smallest absolute Gasteiger partial charge is 0.138 e. The van der Waals surface area contributed by atoms with E-state index in [2.05, 4.69) is 0 Å². The Labute approximate surface area is 152 Å². The highest BCUT2D eigenvalue weighted by Crippen LogP contribution is 2.30. The molecule has 2 aromatic carbocycles. The van der Waals surface area contributed by atoms with Crippen molar-refractivity contribution in [2.75, 3.05) is 0 Å². The fourth-order valence-corrected chi connectivity index (χ4v) is 2.36. The Morgan fingerprint density at radius 2 is 1.15 bits per heavy atom. The van der Waals surface area contributed by atoms with Crippen LogP contribution in [0.15, 0.2) is 83.5 Å². The van der Waals surface area contributed by atoms with Crippen LogP contribution < -0.4 is 0 Å². The zero-order valence-electron chi connectivity index (χ0n) is 13.7. The van der Waals surface area contributed by atoms with Gasteiger partial charge in [-0.15, -0.1) is 0 Å². The van der Waals surface area contributed by atoms with Crippen molar-refractivity contribution in [2.45, 2.75) is 0 Å². The van der Waals surface area contributed by atoms with E-state index >= 15 is 0 Å². The van der Waals surface area contributed by atoms with Crippen LogP contribution in [0, 0.1) is 45.3 Å². The minimum atomic E-state index is -0.168. The molecule has 0 saturated heterocycles. The maximum absolute atomic E-state index is 9.38. The molecule has 0 N–H and O–H groups in total. The van der Waals surface area contributed by atoms with Crippen molar-refractivity contribution in [3.63, 3.8) is 0 Å². The Balaban J connectivity index is 2.77. The molecule has 0 aliphatic heterocycles. The van der Waals surface area contributed by atoms with Gasteiger partial charge < -0.3 is 0 Å². The predicted molar refractivity (Wildman–Crippen MR) is 98.3 cm³/mol. The summed E-state index contributed by atoms with van der Waals surface area (Å²) >= 11 is 0. The highest BCUT2D eigenvalue weighted by atomic mass is 14.3. The first-order chi connectivity index (χ1) is 12.7. The van der Waals surface area contributed by atoms with Crippen molar-refractivity contribution in [3.05, 3.63) is 94.6 Å². The largest absolute Gasteiger partial charge is 0.192 e. The van der Waals surface area contributed by atoms with Crippen LogP contribution in [0.3, 0.4) is 0 Å². The van der Waals surface area contributed by atoms with E-state index in [0.717, 1.165) is 5.56 Å². The van der Waals surface area contributed by atoms with Gasteiger partial charge in [0.25, 0.3) is 0 Å². The first-order valence-corrected chi connectivity index (χ1v) is 7.63. The fraction of sp³-hybridized carbons (Fsp3) is 0. The Bertz CT molecular complexity index is 1010. The molecule has 120 valence electrons. The van der Waals surface area contributed by atoms with Gasteiger partial charge in [0.15, 0.2) is 0 Å². The van der Waals surface area contributed by atoms with Crippen molar-refractivity contribution in [1.82, 2.24) is 0 Å². The minimum Gasteiger partial charge on any atom is -0.192 e. The molecule has 2 aromatic rings. The summed E-state index contributed by atoms with van der Waals surface area (Å²) in [5.41, 5.74) is 1.62. The SMILES string of the molecule is N#CC(C#N)=C(/C=C/c1ccccc1)C(=C(C#N)C#N)c1ccccc1. The van der Waals surface area contributed by atoms with Gasteiger partial charge in [0.05, 0.1) is 0 Å². The molecule has 0 spiro atoms. The number of hydrogen-bond acceptors (Lipinski definition) is 4. The molecule has 0 bridgehead atoms. The van der Waals surface area contributed by atoms with Crippen LogP contribution in [0.25, 0.3) is 11.6 Å². The zero-order chi connectivity index (χ0) is 18.8. The molecular weight excluding hydrogens is 320 g/mol. The maximum atomic E-state index is 9.38. The van der Waals surface area contributed by atoms with Gasteiger partial charge in [-0.25, -0.2) is 0 Å². The highest BCUT2D eigenvalue weighted by molar-refractivity contribution is 5.91. The summed E-state index contributed by atoms with van der Waals surface area (Å²) in [4.78, 5) is 0. The lowest BCUT2D eigenvalue weighted by atomic mass is 9.90.